The highest BCUT2D eigenvalue weighted by molar-refractivity contribution is 9.09. The zero-order valence-electron chi connectivity index (χ0n) is 9.64. The van der Waals surface area contributed by atoms with E-state index < -0.39 is 0 Å². The highest BCUT2D eigenvalue weighted by Crippen LogP contribution is 2.17. The second-order valence-electron chi connectivity index (χ2n) is 4.32. The summed E-state index contributed by atoms with van der Waals surface area (Å²) in [6, 6.07) is 0. The molecule has 0 aromatic heterocycles. The van der Waals surface area contributed by atoms with Crippen molar-refractivity contribution in [1.29, 1.82) is 0 Å². The molecule has 0 saturated carbocycles. The lowest BCUT2D eigenvalue weighted by molar-refractivity contribution is 0.0202. The number of halogens is 1. The molecule has 0 spiro atoms. The monoisotopic (exact) mass is 266 g/mol. The summed E-state index contributed by atoms with van der Waals surface area (Å²) in [7, 11) is 0. The largest absolute Gasteiger partial charge is 0.379 e. The molecule has 0 radical (unpaired) electrons. The molecule has 0 aliphatic rings. The molecular formula is C11H23BrO2. The molecule has 0 atom stereocenters. The van der Waals surface area contributed by atoms with Gasteiger partial charge in [0, 0.05) is 11.9 Å². The Bertz CT molecular complexity index is 126. The Morgan fingerprint density at radius 2 is 1.71 bits per heavy atom. The van der Waals surface area contributed by atoms with Crippen molar-refractivity contribution in [3.63, 3.8) is 0 Å². The minimum atomic E-state index is 0.226. The first-order valence-corrected chi connectivity index (χ1v) is 6.46. The van der Waals surface area contributed by atoms with Crippen molar-refractivity contribution in [2.75, 3.05) is 31.8 Å². The van der Waals surface area contributed by atoms with Crippen molar-refractivity contribution in [3.8, 4) is 0 Å². The number of rotatable bonds is 9. The van der Waals surface area contributed by atoms with Crippen LogP contribution in [0.25, 0.3) is 0 Å². The van der Waals surface area contributed by atoms with Crippen LogP contribution >= 0.6 is 15.9 Å². The normalized spacial score (nSPS) is 12.0. The van der Waals surface area contributed by atoms with Gasteiger partial charge >= 0.3 is 0 Å². The van der Waals surface area contributed by atoms with Gasteiger partial charge in [0.2, 0.25) is 0 Å². The molecule has 86 valence electrons. The Morgan fingerprint density at radius 1 is 1.07 bits per heavy atom. The van der Waals surface area contributed by atoms with Crippen LogP contribution in [0.3, 0.4) is 0 Å². The van der Waals surface area contributed by atoms with Gasteiger partial charge in [0.1, 0.15) is 0 Å². The van der Waals surface area contributed by atoms with Crippen LogP contribution in [-0.4, -0.2) is 31.8 Å². The molecule has 3 heteroatoms. The Morgan fingerprint density at radius 3 is 2.29 bits per heavy atom. The second kappa shape index (κ2) is 8.69. The smallest absolute Gasteiger partial charge is 0.0700 e. The lowest BCUT2D eigenvalue weighted by atomic mass is 9.99. The van der Waals surface area contributed by atoms with Crippen molar-refractivity contribution in [2.45, 2.75) is 33.6 Å². The van der Waals surface area contributed by atoms with Gasteiger partial charge in [-0.25, -0.2) is 0 Å². The van der Waals surface area contributed by atoms with Gasteiger partial charge in [0.15, 0.2) is 0 Å². The summed E-state index contributed by atoms with van der Waals surface area (Å²) in [6.45, 7) is 9.60. The van der Waals surface area contributed by atoms with Crippen LogP contribution in [0.2, 0.25) is 0 Å². The van der Waals surface area contributed by atoms with Gasteiger partial charge in [-0.3, -0.25) is 0 Å². The number of unbranched alkanes of at least 4 members (excludes halogenated alkanes) is 1. The van der Waals surface area contributed by atoms with Crippen LogP contribution in [-0.2, 0) is 9.47 Å². The first kappa shape index (κ1) is 14.4. The molecule has 0 aliphatic carbocycles. The van der Waals surface area contributed by atoms with Crippen LogP contribution in [0.1, 0.15) is 33.6 Å². The Balaban J connectivity index is 3.13. The van der Waals surface area contributed by atoms with Gasteiger partial charge in [-0.1, -0.05) is 43.1 Å². The highest BCUT2D eigenvalue weighted by atomic mass is 79.9. The van der Waals surface area contributed by atoms with Gasteiger partial charge in [0.05, 0.1) is 19.8 Å². The van der Waals surface area contributed by atoms with E-state index in [1.807, 2.05) is 0 Å². The summed E-state index contributed by atoms with van der Waals surface area (Å²) in [5.74, 6) is 0. The molecule has 0 rings (SSSR count). The van der Waals surface area contributed by atoms with Crippen molar-refractivity contribution >= 4 is 15.9 Å². The van der Waals surface area contributed by atoms with E-state index in [0.717, 1.165) is 31.6 Å². The molecule has 14 heavy (non-hydrogen) atoms. The number of ether oxygens (including phenoxy) is 2. The molecular weight excluding hydrogens is 244 g/mol. The predicted octanol–water partition coefficient (Wildman–Crippen LogP) is 3.24. The third-order valence-electron chi connectivity index (χ3n) is 1.87. The van der Waals surface area contributed by atoms with Crippen LogP contribution in [0.5, 0.6) is 0 Å². The molecule has 0 saturated heterocycles. The molecule has 0 heterocycles. The van der Waals surface area contributed by atoms with Crippen molar-refractivity contribution in [3.05, 3.63) is 0 Å². The van der Waals surface area contributed by atoms with Gasteiger partial charge in [-0.2, -0.15) is 0 Å². The van der Waals surface area contributed by atoms with Crippen LogP contribution < -0.4 is 0 Å². The summed E-state index contributed by atoms with van der Waals surface area (Å²) in [5, 5.41) is 0.969. The summed E-state index contributed by atoms with van der Waals surface area (Å²) >= 11 is 3.46. The first-order valence-electron chi connectivity index (χ1n) is 5.34. The molecule has 0 aromatic carbocycles. The SMILES string of the molecule is CCCCOCCOCC(C)(C)CBr. The number of hydrogen-bond acceptors (Lipinski definition) is 2. The maximum atomic E-state index is 5.51. The number of alkyl halides is 1. The van der Waals surface area contributed by atoms with Gasteiger partial charge in [-0.15, -0.1) is 0 Å². The maximum Gasteiger partial charge on any atom is 0.0700 e. The highest BCUT2D eigenvalue weighted by Gasteiger charge is 2.15. The van der Waals surface area contributed by atoms with E-state index in [-0.39, 0.29) is 5.41 Å². The van der Waals surface area contributed by atoms with Gasteiger partial charge in [0.25, 0.3) is 0 Å². The van der Waals surface area contributed by atoms with Crippen molar-refractivity contribution in [2.24, 2.45) is 5.41 Å². The fourth-order valence-corrected chi connectivity index (χ4v) is 1.02. The summed E-state index contributed by atoms with van der Waals surface area (Å²) in [4.78, 5) is 0. The number of hydrogen-bond donors (Lipinski definition) is 0. The van der Waals surface area contributed by atoms with Gasteiger partial charge < -0.3 is 9.47 Å². The van der Waals surface area contributed by atoms with E-state index in [0.29, 0.717) is 6.61 Å². The molecule has 0 bridgehead atoms. The van der Waals surface area contributed by atoms with E-state index in [2.05, 4.69) is 36.7 Å². The third-order valence-corrected chi connectivity index (χ3v) is 3.39. The summed E-state index contributed by atoms with van der Waals surface area (Å²) in [6.07, 6.45) is 2.34. The predicted molar refractivity (Wildman–Crippen MR) is 64.1 cm³/mol. The minimum absolute atomic E-state index is 0.226. The van der Waals surface area contributed by atoms with Crippen LogP contribution in [0, 0.1) is 5.41 Å². The zero-order valence-corrected chi connectivity index (χ0v) is 11.2. The van der Waals surface area contributed by atoms with E-state index in [1.54, 1.807) is 0 Å². The summed E-state index contributed by atoms with van der Waals surface area (Å²) in [5.41, 5.74) is 0.226. The van der Waals surface area contributed by atoms with E-state index in [1.165, 1.54) is 6.42 Å². The Kier molecular flexibility index (Phi) is 8.94. The topological polar surface area (TPSA) is 18.5 Å². The quantitative estimate of drug-likeness (QED) is 0.471. The van der Waals surface area contributed by atoms with E-state index >= 15 is 0 Å². The van der Waals surface area contributed by atoms with Crippen LogP contribution in [0.15, 0.2) is 0 Å². The molecule has 0 fully saturated rings. The van der Waals surface area contributed by atoms with E-state index in [4.69, 9.17) is 9.47 Å². The van der Waals surface area contributed by atoms with E-state index in [9.17, 15) is 0 Å². The third kappa shape index (κ3) is 8.97. The Hall–Kier alpha value is 0.400. The molecule has 0 aromatic rings. The lowest BCUT2D eigenvalue weighted by Gasteiger charge is -2.21. The molecule has 0 N–H and O–H groups in total. The van der Waals surface area contributed by atoms with Crippen molar-refractivity contribution in [1.82, 2.24) is 0 Å². The first-order chi connectivity index (χ1) is 6.62. The average molecular weight is 267 g/mol. The van der Waals surface area contributed by atoms with Crippen molar-refractivity contribution < 1.29 is 9.47 Å². The lowest BCUT2D eigenvalue weighted by Crippen LogP contribution is -2.22. The summed E-state index contributed by atoms with van der Waals surface area (Å²) < 4.78 is 10.9. The van der Waals surface area contributed by atoms with Crippen LogP contribution in [0.4, 0.5) is 0 Å². The maximum absolute atomic E-state index is 5.51. The molecule has 2 nitrogen and oxygen atoms in total. The Labute approximate surface area is 96.5 Å². The van der Waals surface area contributed by atoms with Gasteiger partial charge in [-0.05, 0) is 11.8 Å². The average Bonchev–Trinajstić information content (AvgIpc) is 2.16. The standard InChI is InChI=1S/C11H23BrO2/c1-4-5-6-13-7-8-14-10-11(2,3)9-12/h4-10H2,1-3H3. The minimum Gasteiger partial charge on any atom is -0.379 e. The fraction of sp³-hybridized carbons (Fsp3) is 1.00. The zero-order chi connectivity index (χ0) is 10.9. The fourth-order valence-electron chi connectivity index (χ4n) is 0.853. The second-order valence-corrected chi connectivity index (χ2v) is 4.88. The molecule has 0 aliphatic heterocycles. The molecule has 0 unspecified atom stereocenters. The molecule has 0 amide bonds.